The first-order chi connectivity index (χ1) is 12.4. The van der Waals surface area contributed by atoms with Crippen LogP contribution in [0, 0.1) is 17.3 Å². The minimum absolute atomic E-state index is 0.00634. The summed E-state index contributed by atoms with van der Waals surface area (Å²) in [5.41, 5.74) is 0.301. The summed E-state index contributed by atoms with van der Waals surface area (Å²) in [5, 5.41) is 3.19. The molecule has 1 aromatic carbocycles. The Morgan fingerprint density at radius 3 is 2.58 bits per heavy atom. The lowest BCUT2D eigenvalue weighted by molar-refractivity contribution is -0.177. The van der Waals surface area contributed by atoms with Crippen LogP contribution < -0.4 is 10.1 Å². The molecule has 5 nitrogen and oxygen atoms in total. The largest absolute Gasteiger partial charge is 0.497 e. The minimum Gasteiger partial charge on any atom is -0.497 e. The normalized spacial score (nSPS) is 34.4. The van der Waals surface area contributed by atoms with Crippen LogP contribution in [0.1, 0.15) is 51.0 Å². The highest BCUT2D eigenvalue weighted by molar-refractivity contribution is 5.79. The van der Waals surface area contributed by atoms with Crippen LogP contribution in [-0.4, -0.2) is 24.5 Å². The van der Waals surface area contributed by atoms with Gasteiger partial charge in [-0.25, -0.2) is 0 Å². The van der Waals surface area contributed by atoms with E-state index in [9.17, 15) is 9.59 Å². The minimum atomic E-state index is -0.425. The molecule has 4 fully saturated rings. The van der Waals surface area contributed by atoms with Crippen LogP contribution in [0.3, 0.4) is 0 Å². The number of carbonyl (C=O) groups excluding carboxylic acids is 2. The van der Waals surface area contributed by atoms with Crippen LogP contribution in [0.25, 0.3) is 0 Å². The van der Waals surface area contributed by atoms with Gasteiger partial charge < -0.3 is 14.8 Å². The maximum absolute atomic E-state index is 13.1. The Morgan fingerprint density at radius 1 is 1.19 bits per heavy atom. The standard InChI is InChI=1S/C21H27NO4/c1-14(23)22-21-10-16-6-17(11-21)9-20(8-16,13-21)19(24)26-12-15-4-3-5-18(7-15)25-2/h3-5,7,16-17H,6,8-13H2,1-2H3,(H,22,23)/t16-,17+,20?,21?. The quantitative estimate of drug-likeness (QED) is 0.822. The van der Waals surface area contributed by atoms with E-state index in [2.05, 4.69) is 5.32 Å². The van der Waals surface area contributed by atoms with Crippen molar-refractivity contribution >= 4 is 11.9 Å². The van der Waals surface area contributed by atoms with Crippen molar-refractivity contribution in [2.45, 2.75) is 57.6 Å². The number of nitrogens with one attached hydrogen (secondary N) is 1. The van der Waals surface area contributed by atoms with Gasteiger partial charge in [0.05, 0.1) is 12.5 Å². The molecule has 0 aromatic heterocycles. The number of benzene rings is 1. The zero-order valence-corrected chi connectivity index (χ0v) is 15.5. The van der Waals surface area contributed by atoms with Crippen LogP contribution in [0.15, 0.2) is 24.3 Å². The van der Waals surface area contributed by atoms with Gasteiger partial charge in [0.2, 0.25) is 5.91 Å². The number of hydrogen-bond donors (Lipinski definition) is 1. The van der Waals surface area contributed by atoms with Gasteiger partial charge in [-0.3, -0.25) is 9.59 Å². The van der Waals surface area contributed by atoms with Crippen LogP contribution in [-0.2, 0) is 20.9 Å². The average molecular weight is 357 g/mol. The molecule has 5 heteroatoms. The third-order valence-corrected chi connectivity index (χ3v) is 6.44. The summed E-state index contributed by atoms with van der Waals surface area (Å²) in [7, 11) is 1.63. The Kier molecular flexibility index (Phi) is 4.20. The van der Waals surface area contributed by atoms with Gasteiger partial charge in [0, 0.05) is 12.5 Å². The molecule has 4 aliphatic carbocycles. The smallest absolute Gasteiger partial charge is 0.312 e. The Labute approximate surface area is 154 Å². The van der Waals surface area contributed by atoms with E-state index in [1.807, 2.05) is 24.3 Å². The van der Waals surface area contributed by atoms with Crippen LogP contribution in [0.2, 0.25) is 0 Å². The zero-order valence-electron chi connectivity index (χ0n) is 15.5. The maximum atomic E-state index is 13.1. The van der Waals surface area contributed by atoms with Gasteiger partial charge in [0.15, 0.2) is 0 Å². The topological polar surface area (TPSA) is 64.6 Å². The number of methoxy groups -OCH3 is 1. The van der Waals surface area contributed by atoms with E-state index in [1.165, 1.54) is 6.42 Å². The number of esters is 1. The van der Waals surface area contributed by atoms with Gasteiger partial charge in [0.25, 0.3) is 0 Å². The van der Waals surface area contributed by atoms with Gasteiger partial charge in [-0.05, 0) is 68.1 Å². The maximum Gasteiger partial charge on any atom is 0.312 e. The highest BCUT2D eigenvalue weighted by Gasteiger charge is 2.61. The van der Waals surface area contributed by atoms with E-state index in [4.69, 9.17) is 9.47 Å². The van der Waals surface area contributed by atoms with Gasteiger partial charge in [-0.15, -0.1) is 0 Å². The second-order valence-corrected chi connectivity index (χ2v) is 8.63. The lowest BCUT2D eigenvalue weighted by atomic mass is 9.47. The fourth-order valence-electron chi connectivity index (χ4n) is 6.09. The number of carbonyl (C=O) groups is 2. The average Bonchev–Trinajstić information content (AvgIpc) is 2.57. The molecule has 0 radical (unpaired) electrons. The second-order valence-electron chi connectivity index (χ2n) is 8.63. The van der Waals surface area contributed by atoms with Gasteiger partial charge in [-0.1, -0.05) is 12.1 Å². The first kappa shape index (κ1) is 17.4. The molecule has 1 aromatic rings. The molecule has 1 N–H and O–H groups in total. The summed E-state index contributed by atoms with van der Waals surface area (Å²) in [6, 6.07) is 7.61. The molecule has 0 heterocycles. The molecule has 0 aliphatic heterocycles. The van der Waals surface area contributed by atoms with Crippen molar-refractivity contribution in [1.29, 1.82) is 0 Å². The highest BCUT2D eigenvalue weighted by Crippen LogP contribution is 2.62. The van der Waals surface area contributed by atoms with Crippen LogP contribution in [0.4, 0.5) is 0 Å². The van der Waals surface area contributed by atoms with Gasteiger partial charge >= 0.3 is 5.97 Å². The molecule has 0 spiro atoms. The van der Waals surface area contributed by atoms with Crippen molar-refractivity contribution in [3.8, 4) is 5.75 Å². The molecule has 4 aliphatic rings. The molecule has 0 saturated heterocycles. The van der Waals surface area contributed by atoms with E-state index in [-0.39, 0.29) is 24.0 Å². The summed E-state index contributed by atoms with van der Waals surface area (Å²) in [6.07, 6.45) is 5.74. The van der Waals surface area contributed by atoms with E-state index >= 15 is 0 Å². The van der Waals surface area contributed by atoms with Crippen molar-refractivity contribution in [3.63, 3.8) is 0 Å². The van der Waals surface area contributed by atoms with Crippen molar-refractivity contribution in [2.24, 2.45) is 17.3 Å². The third-order valence-electron chi connectivity index (χ3n) is 6.44. The van der Waals surface area contributed by atoms with Gasteiger partial charge in [-0.2, -0.15) is 0 Å². The molecule has 4 bridgehead atoms. The summed E-state index contributed by atoms with van der Waals surface area (Å²) < 4.78 is 11.0. The first-order valence-corrected chi connectivity index (χ1v) is 9.51. The van der Waals surface area contributed by atoms with Crippen LogP contribution >= 0.6 is 0 Å². The monoisotopic (exact) mass is 357 g/mol. The fourth-order valence-corrected chi connectivity index (χ4v) is 6.09. The molecule has 140 valence electrons. The summed E-state index contributed by atoms with van der Waals surface area (Å²) in [6.45, 7) is 1.84. The zero-order chi connectivity index (χ0) is 18.4. The lowest BCUT2D eigenvalue weighted by Crippen LogP contribution is -2.64. The molecule has 1 amide bonds. The first-order valence-electron chi connectivity index (χ1n) is 9.51. The van der Waals surface area contributed by atoms with E-state index < -0.39 is 5.41 Å². The number of ether oxygens (including phenoxy) is 2. The highest BCUT2D eigenvalue weighted by atomic mass is 16.5. The Hall–Kier alpha value is -2.04. The van der Waals surface area contributed by atoms with E-state index in [0.29, 0.717) is 11.8 Å². The summed E-state index contributed by atoms with van der Waals surface area (Å²) in [5.74, 6) is 1.72. The molecule has 4 atom stereocenters. The van der Waals surface area contributed by atoms with E-state index in [1.54, 1.807) is 14.0 Å². The molecule has 26 heavy (non-hydrogen) atoms. The predicted octanol–water partition coefficient (Wildman–Crippen LogP) is 3.21. The van der Waals surface area contributed by atoms with Crippen molar-refractivity contribution in [2.75, 3.05) is 7.11 Å². The molecular formula is C21H27NO4. The van der Waals surface area contributed by atoms with E-state index in [0.717, 1.165) is 43.4 Å². The van der Waals surface area contributed by atoms with Crippen LogP contribution in [0.5, 0.6) is 5.75 Å². The van der Waals surface area contributed by atoms with Crippen molar-refractivity contribution < 1.29 is 19.1 Å². The fraction of sp³-hybridized carbons (Fsp3) is 0.619. The Bertz CT molecular complexity index is 714. The van der Waals surface area contributed by atoms with Gasteiger partial charge in [0.1, 0.15) is 12.4 Å². The Balaban J connectivity index is 1.49. The summed E-state index contributed by atoms with van der Waals surface area (Å²) >= 11 is 0. The lowest BCUT2D eigenvalue weighted by Gasteiger charge is -2.60. The van der Waals surface area contributed by atoms with Crippen molar-refractivity contribution in [1.82, 2.24) is 5.32 Å². The third kappa shape index (κ3) is 3.08. The molecule has 5 rings (SSSR count). The second kappa shape index (κ2) is 6.29. The molecule has 4 saturated carbocycles. The summed E-state index contributed by atoms with van der Waals surface area (Å²) in [4.78, 5) is 24.8. The molecular weight excluding hydrogens is 330 g/mol. The number of rotatable bonds is 5. The Morgan fingerprint density at radius 2 is 1.92 bits per heavy atom. The number of hydrogen-bond acceptors (Lipinski definition) is 4. The SMILES string of the molecule is COc1cccc(COC(=O)C23C[C@@H]4C[C@@H](CC(NC(C)=O)(C4)C2)C3)c1. The molecule has 2 unspecified atom stereocenters. The number of amides is 1. The predicted molar refractivity (Wildman–Crippen MR) is 96.5 cm³/mol. The van der Waals surface area contributed by atoms with Crippen molar-refractivity contribution in [3.05, 3.63) is 29.8 Å².